The van der Waals surface area contributed by atoms with E-state index in [2.05, 4.69) is 27.3 Å². The first kappa shape index (κ1) is 54.3. The Labute approximate surface area is 391 Å². The van der Waals surface area contributed by atoms with Gasteiger partial charge in [0.05, 0.1) is 26.4 Å². The number of carbonyl (C=O) groups is 4. The Bertz CT molecular complexity index is 1760. The maximum atomic E-state index is 12.1. The SMILES string of the molecule is CC(C)(C)OC(=O)NCCCOc1cc(OCCCNC(=O)OC(C)(C)C)cc(-c2cccc(-c3cc(OCCCNC(=O)OC(C)(C)C)cc(OCCCNC(=O)OC(C)(C)C)c3)c2)c1. The monoisotopic (exact) mass is 923 g/mol. The number of benzene rings is 3. The Morgan fingerprint density at radius 1 is 0.364 bits per heavy atom. The Hall–Kier alpha value is -6.06. The highest BCUT2D eigenvalue weighted by atomic mass is 16.6. The van der Waals surface area contributed by atoms with Gasteiger partial charge in [0.1, 0.15) is 45.4 Å². The number of nitrogens with one attached hydrogen (secondary N) is 4. The second kappa shape index (κ2) is 25.6. The molecule has 3 aromatic rings. The van der Waals surface area contributed by atoms with E-state index in [-0.39, 0.29) is 0 Å². The van der Waals surface area contributed by atoms with Crippen LogP contribution >= 0.6 is 0 Å². The molecule has 0 bridgehead atoms. The van der Waals surface area contributed by atoms with Crippen LogP contribution in [-0.4, -0.2) is 99.4 Å². The third kappa shape index (κ3) is 24.3. The van der Waals surface area contributed by atoms with E-state index in [1.165, 1.54) is 0 Å². The summed E-state index contributed by atoms with van der Waals surface area (Å²) in [4.78, 5) is 48.5. The minimum Gasteiger partial charge on any atom is -0.493 e. The van der Waals surface area contributed by atoms with Crippen molar-refractivity contribution < 1.29 is 57.1 Å². The predicted octanol–water partition coefficient (Wildman–Crippen LogP) is 10.2. The number of ether oxygens (including phenoxy) is 8. The molecule has 0 heterocycles. The van der Waals surface area contributed by atoms with Gasteiger partial charge in [-0.2, -0.15) is 0 Å². The summed E-state index contributed by atoms with van der Waals surface area (Å²) in [5.41, 5.74) is 1.05. The highest BCUT2D eigenvalue weighted by Crippen LogP contribution is 2.35. The molecule has 0 spiro atoms. The van der Waals surface area contributed by atoms with Crippen LogP contribution in [0, 0.1) is 0 Å². The molecule has 16 heteroatoms. The van der Waals surface area contributed by atoms with Gasteiger partial charge in [-0.25, -0.2) is 19.2 Å². The zero-order valence-electron chi connectivity index (χ0n) is 41.2. The van der Waals surface area contributed by atoms with Crippen molar-refractivity contribution in [3.05, 3.63) is 60.7 Å². The van der Waals surface area contributed by atoms with E-state index in [1.54, 1.807) is 0 Å². The maximum absolute atomic E-state index is 12.1. The van der Waals surface area contributed by atoms with Crippen molar-refractivity contribution in [1.82, 2.24) is 21.3 Å². The van der Waals surface area contributed by atoms with Crippen LogP contribution < -0.4 is 40.2 Å². The largest absolute Gasteiger partial charge is 0.493 e. The fourth-order valence-corrected chi connectivity index (χ4v) is 5.76. The van der Waals surface area contributed by atoms with Crippen molar-refractivity contribution in [3.63, 3.8) is 0 Å². The summed E-state index contributed by atoms with van der Waals surface area (Å²) >= 11 is 0. The molecule has 3 rings (SSSR count). The third-order valence-electron chi connectivity index (χ3n) is 8.32. The molecule has 4 amide bonds. The van der Waals surface area contributed by atoms with Gasteiger partial charge in [0.25, 0.3) is 0 Å². The molecular weight excluding hydrogens is 849 g/mol. The predicted molar refractivity (Wildman–Crippen MR) is 255 cm³/mol. The van der Waals surface area contributed by atoms with Gasteiger partial charge in [-0.3, -0.25) is 0 Å². The standard InChI is InChI=1S/C50H74N4O12/c1-47(2,3)63-43(55)51-20-14-24-59-39-29-37(30-40(33-39)60-25-15-21-52-44(56)64-48(4,5)6)35-18-13-19-36(28-35)38-31-41(61-26-16-22-53-45(57)65-49(7,8)9)34-42(32-38)62-27-17-23-54-46(58)66-50(10,11)12/h13,18-19,28-34H,14-17,20-27H2,1-12H3,(H,51,55)(H,52,56)(H,53,57)(H,54,58). The van der Waals surface area contributed by atoms with Crippen LogP contribution in [0.2, 0.25) is 0 Å². The summed E-state index contributed by atoms with van der Waals surface area (Å²) in [6.07, 6.45) is 0.191. The van der Waals surface area contributed by atoms with Crippen molar-refractivity contribution in [1.29, 1.82) is 0 Å². The van der Waals surface area contributed by atoms with Gasteiger partial charge in [0.2, 0.25) is 0 Å². The zero-order valence-corrected chi connectivity index (χ0v) is 41.2. The molecule has 0 atom stereocenters. The minimum atomic E-state index is -0.597. The summed E-state index contributed by atoms with van der Waals surface area (Å²) in [6.45, 7) is 24.5. The molecule has 0 aromatic heterocycles. The molecule has 0 aliphatic rings. The lowest BCUT2D eigenvalue weighted by molar-refractivity contribution is 0.0513. The summed E-state index contributed by atoms with van der Waals surface area (Å²) in [6, 6.07) is 19.4. The molecule has 66 heavy (non-hydrogen) atoms. The van der Waals surface area contributed by atoms with E-state index < -0.39 is 46.8 Å². The van der Waals surface area contributed by atoms with E-state index in [4.69, 9.17) is 37.9 Å². The molecular formula is C50H74N4O12. The van der Waals surface area contributed by atoms with Crippen molar-refractivity contribution in [2.75, 3.05) is 52.6 Å². The first-order chi connectivity index (χ1) is 30.8. The lowest BCUT2D eigenvalue weighted by Crippen LogP contribution is -2.33. The highest BCUT2D eigenvalue weighted by Gasteiger charge is 2.19. The summed E-state index contributed by atoms with van der Waals surface area (Å²) in [7, 11) is 0. The number of alkyl carbamates (subject to hydrolysis) is 4. The molecule has 0 saturated heterocycles. The molecule has 0 radical (unpaired) electrons. The fraction of sp³-hybridized carbons (Fsp3) is 0.560. The summed E-state index contributed by atoms with van der Waals surface area (Å²) in [5, 5.41) is 11.0. The van der Waals surface area contributed by atoms with Crippen LogP contribution in [0.5, 0.6) is 23.0 Å². The quantitative estimate of drug-likeness (QED) is 0.0552. The fourth-order valence-electron chi connectivity index (χ4n) is 5.76. The van der Waals surface area contributed by atoms with E-state index in [0.717, 1.165) is 22.3 Å². The Balaban J connectivity index is 1.82. The van der Waals surface area contributed by atoms with E-state index in [9.17, 15) is 19.2 Å². The van der Waals surface area contributed by atoms with E-state index >= 15 is 0 Å². The Kier molecular flexibility index (Phi) is 21.0. The smallest absolute Gasteiger partial charge is 0.407 e. The second-order valence-electron chi connectivity index (χ2n) is 19.5. The number of rotatable bonds is 22. The molecule has 0 saturated carbocycles. The molecule has 0 aliphatic carbocycles. The second-order valence-corrected chi connectivity index (χ2v) is 19.5. The average Bonchev–Trinajstić information content (AvgIpc) is 3.17. The minimum absolute atomic E-state index is 0.322. The van der Waals surface area contributed by atoms with Gasteiger partial charge < -0.3 is 59.2 Å². The van der Waals surface area contributed by atoms with Crippen LogP contribution in [0.4, 0.5) is 19.2 Å². The van der Waals surface area contributed by atoms with Crippen LogP contribution in [0.15, 0.2) is 60.7 Å². The van der Waals surface area contributed by atoms with Gasteiger partial charge in [-0.1, -0.05) is 18.2 Å². The van der Waals surface area contributed by atoms with Crippen LogP contribution in [0.1, 0.15) is 109 Å². The summed E-state index contributed by atoms with van der Waals surface area (Å²) < 4.78 is 46.1. The highest BCUT2D eigenvalue weighted by molar-refractivity contribution is 5.76. The molecule has 366 valence electrons. The van der Waals surface area contributed by atoms with Crippen molar-refractivity contribution >= 4 is 24.4 Å². The first-order valence-electron chi connectivity index (χ1n) is 22.6. The lowest BCUT2D eigenvalue weighted by Gasteiger charge is -2.19. The maximum Gasteiger partial charge on any atom is 0.407 e. The van der Waals surface area contributed by atoms with Gasteiger partial charge in [-0.05, 0) is 161 Å². The zero-order chi connectivity index (χ0) is 49.0. The van der Waals surface area contributed by atoms with E-state index in [0.29, 0.717) is 101 Å². The van der Waals surface area contributed by atoms with Crippen molar-refractivity contribution in [2.24, 2.45) is 0 Å². The number of hydrogen-bond acceptors (Lipinski definition) is 12. The molecule has 16 nitrogen and oxygen atoms in total. The molecule has 4 N–H and O–H groups in total. The number of carbonyl (C=O) groups excluding carboxylic acids is 4. The van der Waals surface area contributed by atoms with Gasteiger partial charge in [0, 0.05) is 38.3 Å². The van der Waals surface area contributed by atoms with Crippen LogP contribution in [0.25, 0.3) is 22.3 Å². The average molecular weight is 923 g/mol. The third-order valence-corrected chi connectivity index (χ3v) is 8.32. The molecule has 0 fully saturated rings. The molecule has 0 unspecified atom stereocenters. The number of amides is 4. The summed E-state index contributed by atoms with van der Waals surface area (Å²) in [5.74, 6) is 2.30. The van der Waals surface area contributed by atoms with Crippen molar-refractivity contribution in [2.45, 2.75) is 131 Å². The molecule has 3 aromatic carbocycles. The van der Waals surface area contributed by atoms with Gasteiger partial charge >= 0.3 is 24.4 Å². The lowest BCUT2D eigenvalue weighted by atomic mass is 9.98. The molecule has 0 aliphatic heterocycles. The first-order valence-corrected chi connectivity index (χ1v) is 22.6. The van der Waals surface area contributed by atoms with Crippen LogP contribution in [0.3, 0.4) is 0 Å². The topological polar surface area (TPSA) is 190 Å². The van der Waals surface area contributed by atoms with E-state index in [1.807, 2.05) is 138 Å². The van der Waals surface area contributed by atoms with Gasteiger partial charge in [0.15, 0.2) is 0 Å². The Morgan fingerprint density at radius 3 is 0.833 bits per heavy atom. The Morgan fingerprint density at radius 2 is 0.606 bits per heavy atom. The van der Waals surface area contributed by atoms with Crippen LogP contribution in [-0.2, 0) is 18.9 Å². The number of hydrogen-bond donors (Lipinski definition) is 4. The van der Waals surface area contributed by atoms with Gasteiger partial charge in [-0.15, -0.1) is 0 Å². The normalized spacial score (nSPS) is 11.7. The van der Waals surface area contributed by atoms with Crippen molar-refractivity contribution in [3.8, 4) is 45.3 Å².